The molecule has 0 spiro atoms. The maximum atomic E-state index is 11.5. The Morgan fingerprint density at radius 1 is 0.300 bits per heavy atom. The first-order valence-electron chi connectivity index (χ1n) is 22.6. The molecule has 0 aliphatic heterocycles. The molecule has 0 aromatic heterocycles. The number of rotatable bonds is 36. The van der Waals surface area contributed by atoms with Crippen LogP contribution in [0.1, 0.15) is 51.4 Å². The highest BCUT2D eigenvalue weighted by Gasteiger charge is 2.25. The van der Waals surface area contributed by atoms with Gasteiger partial charge in [0.15, 0.2) is 0 Å². The van der Waals surface area contributed by atoms with E-state index in [2.05, 4.69) is 93.0 Å². The molecule has 0 unspecified atom stereocenters. The molecule has 0 radical (unpaired) electrons. The minimum atomic E-state index is -1.22. The van der Waals surface area contributed by atoms with E-state index in [0.717, 1.165) is 0 Å². The Bertz CT molecular complexity index is 1840. The van der Waals surface area contributed by atoms with E-state index in [-0.39, 0.29) is 74.4 Å². The monoisotopic (exact) mass is 1230 g/mol. The molecule has 0 saturated heterocycles. The van der Waals surface area contributed by atoms with Crippen LogP contribution >= 0.6 is 50.5 Å². The third-order valence-corrected chi connectivity index (χ3v) is 10.5. The van der Waals surface area contributed by atoms with Gasteiger partial charge in [0.05, 0.1) is 0 Å². The summed E-state index contributed by atoms with van der Waals surface area (Å²) in [5.41, 5.74) is 20.9. The van der Waals surface area contributed by atoms with Crippen LogP contribution in [0.2, 0.25) is 0 Å². The summed E-state index contributed by atoms with van der Waals surface area (Å²) in [5.74, 6) is -14.8. The van der Waals surface area contributed by atoms with Crippen molar-refractivity contribution in [3.63, 3.8) is 0 Å². The molecule has 0 aromatic carbocycles. The molecule has 24 N–H and O–H groups in total. The lowest BCUT2D eigenvalue weighted by Crippen LogP contribution is -2.49. The molecule has 80 heavy (non-hydrogen) atoms. The van der Waals surface area contributed by atoms with E-state index >= 15 is 0 Å². The van der Waals surface area contributed by atoms with Crippen LogP contribution in [0.4, 0.5) is 0 Å². The summed E-state index contributed by atoms with van der Waals surface area (Å²) in [6.07, 6.45) is -0.940. The second-order valence-corrected chi connectivity index (χ2v) is 17.1. The summed E-state index contributed by atoms with van der Waals surface area (Å²) in [5, 5.41) is 85.5. The zero-order valence-corrected chi connectivity index (χ0v) is 45.7. The van der Waals surface area contributed by atoms with Gasteiger partial charge in [0.2, 0.25) is 47.3 Å². The summed E-state index contributed by atoms with van der Waals surface area (Å²) in [6.45, 7) is -2.27. The molecule has 0 aliphatic carbocycles. The maximum absolute atomic E-state index is 11.5. The van der Waals surface area contributed by atoms with Crippen LogP contribution in [-0.4, -0.2) is 233 Å². The van der Waals surface area contributed by atoms with Crippen molar-refractivity contribution in [2.75, 3.05) is 49.2 Å². The van der Waals surface area contributed by atoms with Crippen LogP contribution in [0, 0.1) is 0 Å². The van der Waals surface area contributed by atoms with Crippen LogP contribution in [0.15, 0.2) is 0 Å². The van der Waals surface area contributed by atoms with Crippen molar-refractivity contribution in [2.24, 2.45) is 22.9 Å². The number of carboxylic acid groups (broad SMARTS) is 8. The van der Waals surface area contributed by atoms with Gasteiger partial charge in [0.1, 0.15) is 74.5 Å². The average Bonchev–Trinajstić information content (AvgIpc) is 3.39. The summed E-state index contributed by atoms with van der Waals surface area (Å²) in [4.78, 5) is 175. The van der Waals surface area contributed by atoms with Crippen molar-refractivity contribution in [2.45, 2.75) is 99.7 Å². The van der Waals surface area contributed by atoms with Crippen molar-refractivity contribution < 1.29 is 118 Å². The molecule has 40 heteroatoms. The lowest BCUT2D eigenvalue weighted by atomic mass is 10.1. The third-order valence-electron chi connectivity index (χ3n) is 8.99. The Morgan fingerprint density at radius 2 is 0.450 bits per heavy atom. The van der Waals surface area contributed by atoms with E-state index in [9.17, 15) is 76.7 Å². The molecule has 0 bridgehead atoms. The highest BCUT2D eigenvalue weighted by Crippen LogP contribution is 2.01. The largest absolute Gasteiger partial charge is 0.480 e. The van der Waals surface area contributed by atoms with Crippen LogP contribution in [0.5, 0.6) is 0 Å². The van der Waals surface area contributed by atoms with Gasteiger partial charge in [-0.1, -0.05) is 0 Å². The van der Waals surface area contributed by atoms with Gasteiger partial charge >= 0.3 is 47.8 Å². The fourth-order valence-corrected chi connectivity index (χ4v) is 5.65. The highest BCUT2D eigenvalue weighted by atomic mass is 32.1. The standard InChI is InChI=1S/4C10H17N3O6S/c4*11-5(10(18)19)1-2-7(14)13-6(4-20)9(17)12-3-8(15)16/h4*5-6,20H,1-4,11H2,(H,12,17)(H,13,14)(H,15,16)(H,18,19)/t4*5-,6-/m0000/s1. The van der Waals surface area contributed by atoms with Crippen LogP contribution in [-0.2, 0) is 76.7 Å². The SMILES string of the molecule is N[C@@H](CCC(=O)N[C@@H](CS)C(=O)NCC(=O)O)C(=O)O.N[C@@H](CCC(=O)N[C@@H](CS)C(=O)NCC(=O)O)C(=O)O.N[C@@H](CCC(=O)N[C@@H](CS)C(=O)NCC(=O)O)C(=O)O.N[C@@H](CCC(=O)N[C@@H](CS)C(=O)NCC(=O)O)C(=O)O. The van der Waals surface area contributed by atoms with E-state index in [4.69, 9.17) is 63.8 Å². The van der Waals surface area contributed by atoms with Crippen molar-refractivity contribution >= 4 is 146 Å². The van der Waals surface area contributed by atoms with Gasteiger partial charge in [-0.15, -0.1) is 0 Å². The van der Waals surface area contributed by atoms with Crippen molar-refractivity contribution in [3.05, 3.63) is 0 Å². The fraction of sp³-hybridized carbons (Fsp3) is 0.600. The number of aliphatic carboxylic acids is 8. The highest BCUT2D eigenvalue weighted by molar-refractivity contribution is 7.80. The summed E-state index contributed by atoms with van der Waals surface area (Å²) in [6, 6.07) is -8.60. The van der Waals surface area contributed by atoms with Gasteiger partial charge in [-0.25, -0.2) is 0 Å². The minimum Gasteiger partial charge on any atom is -0.480 e. The van der Waals surface area contributed by atoms with Crippen LogP contribution < -0.4 is 65.5 Å². The van der Waals surface area contributed by atoms with Crippen molar-refractivity contribution in [3.8, 4) is 0 Å². The first kappa shape index (κ1) is 79.2. The molecule has 0 aromatic rings. The normalized spacial score (nSPS) is 13.1. The molecule has 8 amide bonds. The Morgan fingerprint density at radius 3 is 0.562 bits per heavy atom. The molecule has 0 fully saturated rings. The van der Waals surface area contributed by atoms with Gasteiger partial charge in [-0.2, -0.15) is 50.5 Å². The van der Waals surface area contributed by atoms with Crippen molar-refractivity contribution in [1.82, 2.24) is 42.5 Å². The predicted molar refractivity (Wildman–Crippen MR) is 285 cm³/mol. The molecule has 8 atom stereocenters. The summed E-state index contributed by atoms with van der Waals surface area (Å²) < 4.78 is 0. The maximum Gasteiger partial charge on any atom is 0.322 e. The van der Waals surface area contributed by atoms with Crippen LogP contribution in [0.3, 0.4) is 0 Å². The molecular formula is C40H68N12O24S4. The van der Waals surface area contributed by atoms with E-state index in [1.54, 1.807) is 0 Å². The van der Waals surface area contributed by atoms with Gasteiger partial charge in [0.25, 0.3) is 0 Å². The lowest BCUT2D eigenvalue weighted by molar-refractivity contribution is -0.140. The zero-order chi connectivity index (χ0) is 62.8. The number of carboxylic acids is 8. The minimum absolute atomic E-state index is 0.0256. The number of hydrogen-bond donors (Lipinski definition) is 24. The first-order valence-corrected chi connectivity index (χ1v) is 25.2. The quantitative estimate of drug-likeness (QED) is 0.0259. The second-order valence-electron chi connectivity index (χ2n) is 15.6. The molecule has 0 saturated carbocycles. The Balaban J connectivity index is -0.000000481. The Hall–Kier alpha value is -7.24. The predicted octanol–water partition coefficient (Wildman–Crippen LogP) is -8.82. The number of carbonyl (C=O) groups is 16. The van der Waals surface area contributed by atoms with E-state index < -0.39 is 170 Å². The van der Waals surface area contributed by atoms with Gasteiger partial charge < -0.3 is 106 Å². The number of nitrogens with two attached hydrogens (primary N) is 4. The average molecular weight is 1230 g/mol. The smallest absolute Gasteiger partial charge is 0.322 e. The number of nitrogens with one attached hydrogen (secondary N) is 8. The third kappa shape index (κ3) is 43.7. The van der Waals surface area contributed by atoms with Crippen LogP contribution in [0.25, 0.3) is 0 Å². The van der Waals surface area contributed by atoms with Gasteiger partial charge in [0, 0.05) is 48.7 Å². The Kier molecular flexibility index (Phi) is 45.2. The molecule has 0 rings (SSSR count). The van der Waals surface area contributed by atoms with E-state index in [1.807, 2.05) is 0 Å². The molecule has 0 aliphatic rings. The zero-order valence-electron chi connectivity index (χ0n) is 42.1. The topological polar surface area (TPSA) is 635 Å². The molecular weight excluding hydrogens is 1160 g/mol. The lowest BCUT2D eigenvalue weighted by Gasteiger charge is -2.16. The molecule has 0 heterocycles. The Labute approximate surface area is 475 Å². The number of carbonyl (C=O) groups excluding carboxylic acids is 8. The summed E-state index contributed by atoms with van der Waals surface area (Å²) in [7, 11) is 0. The van der Waals surface area contributed by atoms with Crippen molar-refractivity contribution in [1.29, 1.82) is 0 Å². The first-order chi connectivity index (χ1) is 37.1. The number of thiol groups is 4. The van der Waals surface area contributed by atoms with Gasteiger partial charge in [-0.05, 0) is 25.7 Å². The van der Waals surface area contributed by atoms with Gasteiger partial charge in [-0.3, -0.25) is 76.7 Å². The second kappa shape index (κ2) is 45.6. The molecule has 36 nitrogen and oxygen atoms in total. The number of amides is 8. The summed E-state index contributed by atoms with van der Waals surface area (Å²) >= 11 is 15.5. The van der Waals surface area contributed by atoms with E-state index in [0.29, 0.717) is 0 Å². The number of hydrogen-bond acceptors (Lipinski definition) is 24. The molecule has 456 valence electrons. The van der Waals surface area contributed by atoms with E-state index in [1.165, 1.54) is 0 Å². The fourth-order valence-electron chi connectivity index (χ4n) is 4.63.